The topological polar surface area (TPSA) is 84.0 Å². The number of fused-ring (bicyclic) bond motifs is 2. The smallest absolute Gasteiger partial charge is 0.187 e. The van der Waals surface area contributed by atoms with Gasteiger partial charge in [-0.2, -0.15) is 0 Å². The van der Waals surface area contributed by atoms with Crippen molar-refractivity contribution in [2.24, 2.45) is 0 Å². The predicted molar refractivity (Wildman–Crippen MR) is 148 cm³/mol. The number of aromatic nitrogens is 2. The molecule has 0 amide bonds. The van der Waals surface area contributed by atoms with E-state index >= 15 is 0 Å². The molecule has 0 saturated heterocycles. The van der Waals surface area contributed by atoms with E-state index in [1.807, 2.05) is 71.4 Å². The van der Waals surface area contributed by atoms with Gasteiger partial charge in [-0.05, 0) is 34.4 Å². The number of ketones is 2. The van der Waals surface area contributed by atoms with Gasteiger partial charge in [-0.3, -0.25) is 9.59 Å². The number of hydrogen-bond donors (Lipinski definition) is 2. The largest absolute Gasteiger partial charge is 0.337 e. The number of rotatable bonds is 4. The van der Waals surface area contributed by atoms with Crippen molar-refractivity contribution in [3.05, 3.63) is 118 Å². The molecule has 4 aromatic rings. The van der Waals surface area contributed by atoms with Crippen LogP contribution in [0.5, 0.6) is 0 Å². The summed E-state index contributed by atoms with van der Waals surface area (Å²) in [6.45, 7) is 0. The molecule has 0 spiro atoms. The summed E-state index contributed by atoms with van der Waals surface area (Å²) in [5.41, 5.74) is 5.36. The minimum Gasteiger partial charge on any atom is -0.337 e. The van der Waals surface area contributed by atoms with E-state index in [0.717, 1.165) is 32.5 Å². The molecule has 2 aromatic heterocycles. The van der Waals surface area contributed by atoms with E-state index in [9.17, 15) is 9.59 Å². The van der Waals surface area contributed by atoms with E-state index in [0.29, 0.717) is 11.1 Å². The molecule has 0 atom stereocenters. The number of carbonyl (C=O) groups is 2. The minimum absolute atomic E-state index is 0. The molecule has 9 heteroatoms. The van der Waals surface area contributed by atoms with Crippen LogP contribution in [-0.4, -0.2) is 21.5 Å². The van der Waals surface area contributed by atoms with Crippen molar-refractivity contribution < 1.29 is 26.7 Å². The van der Waals surface area contributed by atoms with E-state index in [-0.39, 0.29) is 28.6 Å². The van der Waals surface area contributed by atoms with Crippen LogP contribution in [0.15, 0.2) is 96.2 Å². The number of thiazole rings is 2. The molecular formula is C28H20CuN4O2S2. The molecule has 2 aliphatic carbocycles. The molecule has 0 aliphatic heterocycles. The third-order valence-electron chi connectivity index (χ3n) is 5.41. The van der Waals surface area contributed by atoms with Gasteiger partial charge in [-0.15, -0.1) is 22.7 Å². The monoisotopic (exact) mass is 571 g/mol. The maximum atomic E-state index is 11.9. The molecule has 2 aliphatic rings. The maximum absolute atomic E-state index is 11.9. The molecule has 37 heavy (non-hydrogen) atoms. The van der Waals surface area contributed by atoms with Crippen molar-refractivity contribution >= 4 is 67.8 Å². The van der Waals surface area contributed by atoms with Gasteiger partial charge in [0.15, 0.2) is 21.8 Å². The fourth-order valence-corrected chi connectivity index (χ4v) is 4.70. The van der Waals surface area contributed by atoms with Crippen LogP contribution in [0.25, 0.3) is 23.3 Å². The third kappa shape index (κ3) is 6.28. The molecule has 0 bridgehead atoms. The first-order valence-corrected chi connectivity index (χ1v) is 12.8. The Morgan fingerprint density at radius 3 is 1.46 bits per heavy atom. The number of anilines is 2. The fourth-order valence-electron chi connectivity index (χ4n) is 3.71. The van der Waals surface area contributed by atoms with Crippen molar-refractivity contribution in [1.82, 2.24) is 9.97 Å². The molecular weight excluding hydrogens is 552 g/mol. The maximum Gasteiger partial charge on any atom is 0.187 e. The standard InChI is InChI=1S/2C14H10N2OS.Cu/c2*17-13-6-5-10-3-1-2-4-11(10)12(13)9-16-14-15-7-8-18-14;/h2*1-9H,(H,15,16);/b2*12-9-;. The average Bonchev–Trinajstić information content (AvgIpc) is 3.63. The van der Waals surface area contributed by atoms with Crippen LogP contribution in [0, 0.1) is 0 Å². The Bertz CT molecular complexity index is 1410. The molecule has 2 N–H and O–H groups in total. The first-order chi connectivity index (χ1) is 17.7. The van der Waals surface area contributed by atoms with Gasteiger partial charge in [0.2, 0.25) is 0 Å². The van der Waals surface area contributed by atoms with Gasteiger partial charge < -0.3 is 10.6 Å². The molecule has 2 aromatic carbocycles. The first kappa shape index (κ1) is 26.2. The van der Waals surface area contributed by atoms with E-state index in [4.69, 9.17) is 0 Å². The second-order valence-corrected chi connectivity index (χ2v) is 9.44. The Morgan fingerprint density at radius 1 is 0.622 bits per heavy atom. The van der Waals surface area contributed by atoms with Gasteiger partial charge in [-0.1, -0.05) is 60.7 Å². The van der Waals surface area contributed by atoms with Gasteiger partial charge >= 0.3 is 0 Å². The van der Waals surface area contributed by atoms with E-state index < -0.39 is 0 Å². The summed E-state index contributed by atoms with van der Waals surface area (Å²) in [6.07, 6.45) is 13.8. The number of carbonyl (C=O) groups excluding carboxylic acids is 2. The molecule has 6 nitrogen and oxygen atoms in total. The van der Waals surface area contributed by atoms with Crippen LogP contribution >= 0.6 is 22.7 Å². The van der Waals surface area contributed by atoms with Crippen molar-refractivity contribution in [2.45, 2.75) is 0 Å². The SMILES string of the molecule is O=C1C=Cc2ccccc2/C1=C/Nc1nccs1.O=C1C=Cc2ccccc2/C1=C/Nc1nccs1.[Cu]. The minimum atomic E-state index is 0. The van der Waals surface area contributed by atoms with Crippen LogP contribution in [0.1, 0.15) is 22.3 Å². The summed E-state index contributed by atoms with van der Waals surface area (Å²) in [7, 11) is 0. The summed E-state index contributed by atoms with van der Waals surface area (Å²) in [4.78, 5) is 32.0. The summed E-state index contributed by atoms with van der Waals surface area (Å²) >= 11 is 3.00. The van der Waals surface area contributed by atoms with Gasteiger partial charge in [0.05, 0.1) is 0 Å². The predicted octanol–water partition coefficient (Wildman–Crippen LogP) is 6.38. The Morgan fingerprint density at radius 2 is 1.05 bits per heavy atom. The summed E-state index contributed by atoms with van der Waals surface area (Å²) in [6, 6.07) is 15.7. The van der Waals surface area contributed by atoms with Crippen molar-refractivity contribution in [2.75, 3.05) is 10.6 Å². The van der Waals surface area contributed by atoms with E-state index in [1.165, 1.54) is 22.7 Å². The fraction of sp³-hybridized carbons (Fsp3) is 0. The summed E-state index contributed by atoms with van der Waals surface area (Å²) < 4.78 is 0. The zero-order valence-electron chi connectivity index (χ0n) is 19.2. The number of benzene rings is 2. The molecule has 6 rings (SSSR count). The average molecular weight is 572 g/mol. The third-order valence-corrected chi connectivity index (χ3v) is 6.81. The second-order valence-electron chi connectivity index (χ2n) is 7.65. The molecule has 0 saturated carbocycles. The van der Waals surface area contributed by atoms with Gasteiger partial charge in [0, 0.05) is 63.8 Å². The first-order valence-electron chi connectivity index (χ1n) is 11.0. The normalized spacial score (nSPS) is 15.4. The number of nitrogens with one attached hydrogen (secondary N) is 2. The Labute approximate surface area is 232 Å². The van der Waals surface area contributed by atoms with E-state index in [2.05, 4.69) is 20.6 Å². The van der Waals surface area contributed by atoms with Crippen LogP contribution in [0.3, 0.4) is 0 Å². The molecule has 0 unspecified atom stereocenters. The molecule has 2 heterocycles. The quantitative estimate of drug-likeness (QED) is 0.218. The van der Waals surface area contributed by atoms with Crippen molar-refractivity contribution in [3.63, 3.8) is 0 Å². The molecule has 1 radical (unpaired) electrons. The zero-order valence-corrected chi connectivity index (χ0v) is 21.8. The Balaban J connectivity index is 0.000000168. The van der Waals surface area contributed by atoms with Crippen LogP contribution in [0.2, 0.25) is 0 Å². The van der Waals surface area contributed by atoms with Crippen LogP contribution in [0.4, 0.5) is 10.3 Å². The van der Waals surface area contributed by atoms with Gasteiger partial charge in [0.1, 0.15) is 0 Å². The summed E-state index contributed by atoms with van der Waals surface area (Å²) in [5.74, 6) is 0.0236. The van der Waals surface area contributed by atoms with E-state index in [1.54, 1.807) is 36.9 Å². The molecule has 187 valence electrons. The molecule has 0 fully saturated rings. The Kier molecular flexibility index (Phi) is 8.77. The van der Waals surface area contributed by atoms with Crippen LogP contribution < -0.4 is 10.6 Å². The zero-order chi connectivity index (χ0) is 24.7. The number of allylic oxidation sites excluding steroid dienone is 4. The van der Waals surface area contributed by atoms with Crippen molar-refractivity contribution in [1.29, 1.82) is 0 Å². The van der Waals surface area contributed by atoms with Gasteiger partial charge in [0.25, 0.3) is 0 Å². The second kappa shape index (κ2) is 12.4. The van der Waals surface area contributed by atoms with Gasteiger partial charge in [-0.25, -0.2) is 9.97 Å². The Hall–Kier alpha value is -3.88. The van der Waals surface area contributed by atoms with Crippen molar-refractivity contribution in [3.8, 4) is 0 Å². The summed E-state index contributed by atoms with van der Waals surface area (Å²) in [5, 5.41) is 11.4. The number of hydrogen-bond acceptors (Lipinski definition) is 8. The van der Waals surface area contributed by atoms with Crippen LogP contribution in [-0.2, 0) is 26.7 Å². The number of nitrogens with zero attached hydrogens (tertiary/aromatic N) is 2.